The largest absolute Gasteiger partial charge is 0.368 e. The van der Waals surface area contributed by atoms with Crippen LogP contribution in [0.3, 0.4) is 0 Å². The summed E-state index contributed by atoms with van der Waals surface area (Å²) in [7, 11) is 1.97. The molecule has 1 amide bonds. The van der Waals surface area contributed by atoms with Crippen LogP contribution in [0.4, 0.5) is 0 Å². The van der Waals surface area contributed by atoms with Gasteiger partial charge in [0.1, 0.15) is 0 Å². The third-order valence-electron chi connectivity index (χ3n) is 2.92. The fourth-order valence-corrected chi connectivity index (χ4v) is 2.14. The number of nitrogens with one attached hydrogen (secondary N) is 1. The number of rotatable bonds is 5. The van der Waals surface area contributed by atoms with Gasteiger partial charge >= 0.3 is 0 Å². The maximum atomic E-state index is 10.8. The van der Waals surface area contributed by atoms with E-state index in [1.807, 2.05) is 7.05 Å². The van der Waals surface area contributed by atoms with E-state index in [1.165, 1.54) is 12.8 Å². The minimum Gasteiger partial charge on any atom is -0.368 e. The van der Waals surface area contributed by atoms with Crippen LogP contribution in [0.1, 0.15) is 12.8 Å². The molecule has 0 aromatic heterocycles. The van der Waals surface area contributed by atoms with Crippen LogP contribution in [-0.4, -0.2) is 50.1 Å². The number of carbonyl (C=O) groups excluding carboxylic acids is 1. The Morgan fingerprint density at radius 3 is 3.00 bits per heavy atom. The average molecular weight is 214 g/mol. The van der Waals surface area contributed by atoms with Crippen LogP contribution in [0.25, 0.3) is 0 Å². The summed E-state index contributed by atoms with van der Waals surface area (Å²) in [6, 6.07) is -0.529. The Morgan fingerprint density at radius 1 is 1.67 bits per heavy atom. The number of piperidine rings is 1. The van der Waals surface area contributed by atoms with Crippen LogP contribution in [0.15, 0.2) is 0 Å². The first-order valence-corrected chi connectivity index (χ1v) is 5.55. The summed E-state index contributed by atoms with van der Waals surface area (Å²) in [5.41, 5.74) is 10.8. The molecule has 5 heteroatoms. The zero-order chi connectivity index (χ0) is 11.3. The molecule has 0 aromatic rings. The first-order chi connectivity index (χ1) is 7.13. The number of hydrogen-bond donors (Lipinski definition) is 3. The van der Waals surface area contributed by atoms with Crippen LogP contribution in [0.5, 0.6) is 0 Å². The second kappa shape index (κ2) is 6.05. The fourth-order valence-electron chi connectivity index (χ4n) is 2.14. The Morgan fingerprint density at radius 2 is 2.40 bits per heavy atom. The molecule has 2 atom stereocenters. The Kier molecular flexibility index (Phi) is 5.01. The van der Waals surface area contributed by atoms with Crippen LogP contribution in [-0.2, 0) is 4.79 Å². The predicted molar refractivity (Wildman–Crippen MR) is 60.3 cm³/mol. The van der Waals surface area contributed by atoms with E-state index in [2.05, 4.69) is 10.2 Å². The molecule has 1 fully saturated rings. The summed E-state index contributed by atoms with van der Waals surface area (Å²) >= 11 is 0. The van der Waals surface area contributed by atoms with Crippen molar-refractivity contribution in [3.8, 4) is 0 Å². The zero-order valence-corrected chi connectivity index (χ0v) is 9.41. The number of nitrogens with zero attached hydrogens (tertiary/aromatic N) is 1. The van der Waals surface area contributed by atoms with E-state index in [4.69, 9.17) is 11.5 Å². The lowest BCUT2D eigenvalue weighted by Crippen LogP contribution is -2.49. The van der Waals surface area contributed by atoms with Crippen molar-refractivity contribution in [1.29, 1.82) is 0 Å². The SMILES string of the molecule is CNCC1CCCN(CC(N)C(N)=O)C1. The van der Waals surface area contributed by atoms with Crippen LogP contribution < -0.4 is 16.8 Å². The predicted octanol–water partition coefficient (Wildman–Crippen LogP) is -1.27. The highest BCUT2D eigenvalue weighted by molar-refractivity contribution is 5.79. The summed E-state index contributed by atoms with van der Waals surface area (Å²) < 4.78 is 0. The highest BCUT2D eigenvalue weighted by Crippen LogP contribution is 2.15. The van der Waals surface area contributed by atoms with Crippen molar-refractivity contribution >= 4 is 5.91 Å². The minimum absolute atomic E-state index is 0.411. The summed E-state index contributed by atoms with van der Waals surface area (Å²) in [4.78, 5) is 13.1. The molecule has 0 radical (unpaired) electrons. The van der Waals surface area contributed by atoms with Gasteiger partial charge in [-0.3, -0.25) is 4.79 Å². The average Bonchev–Trinajstić information content (AvgIpc) is 2.18. The molecule has 88 valence electrons. The summed E-state index contributed by atoms with van der Waals surface area (Å²) in [6.07, 6.45) is 2.43. The van der Waals surface area contributed by atoms with Gasteiger partial charge in [0.15, 0.2) is 0 Å². The maximum absolute atomic E-state index is 10.8. The van der Waals surface area contributed by atoms with Gasteiger partial charge in [0.2, 0.25) is 5.91 Å². The van der Waals surface area contributed by atoms with Gasteiger partial charge in [0.05, 0.1) is 6.04 Å². The molecule has 1 saturated heterocycles. The standard InChI is InChI=1S/C10H22N4O/c1-13-5-8-3-2-4-14(6-8)7-9(11)10(12)15/h8-9,13H,2-7,11H2,1H3,(H2,12,15). The van der Waals surface area contributed by atoms with Crippen LogP contribution in [0.2, 0.25) is 0 Å². The molecule has 5 nitrogen and oxygen atoms in total. The normalized spacial score (nSPS) is 25.1. The molecule has 1 aliphatic rings. The molecular weight excluding hydrogens is 192 g/mol. The smallest absolute Gasteiger partial charge is 0.235 e. The Hall–Kier alpha value is -0.650. The Balaban J connectivity index is 2.32. The van der Waals surface area contributed by atoms with Gasteiger partial charge in [-0.15, -0.1) is 0 Å². The Bertz CT molecular complexity index is 208. The highest BCUT2D eigenvalue weighted by Gasteiger charge is 2.22. The molecule has 1 heterocycles. The maximum Gasteiger partial charge on any atom is 0.235 e. The molecule has 0 saturated carbocycles. The lowest BCUT2D eigenvalue weighted by atomic mass is 9.97. The van der Waals surface area contributed by atoms with Crippen molar-refractivity contribution in [2.24, 2.45) is 17.4 Å². The molecule has 0 bridgehead atoms. The van der Waals surface area contributed by atoms with Crippen molar-refractivity contribution in [3.05, 3.63) is 0 Å². The molecule has 0 spiro atoms. The van der Waals surface area contributed by atoms with Crippen molar-refractivity contribution in [2.75, 3.05) is 33.2 Å². The van der Waals surface area contributed by atoms with Crippen LogP contribution in [0, 0.1) is 5.92 Å². The molecular formula is C10H22N4O. The third-order valence-corrected chi connectivity index (χ3v) is 2.92. The third kappa shape index (κ3) is 4.15. The zero-order valence-electron chi connectivity index (χ0n) is 9.41. The van der Waals surface area contributed by atoms with Gasteiger partial charge in [-0.25, -0.2) is 0 Å². The number of amides is 1. The number of nitrogens with two attached hydrogens (primary N) is 2. The molecule has 1 aliphatic heterocycles. The summed E-state index contributed by atoms with van der Waals surface area (Å²) in [5, 5.41) is 3.18. The van der Waals surface area contributed by atoms with E-state index in [0.29, 0.717) is 12.5 Å². The topological polar surface area (TPSA) is 84.4 Å². The number of hydrogen-bond acceptors (Lipinski definition) is 4. The first kappa shape index (κ1) is 12.4. The quantitative estimate of drug-likeness (QED) is 0.533. The van der Waals surface area contributed by atoms with Crippen LogP contribution >= 0.6 is 0 Å². The van der Waals surface area contributed by atoms with Crippen molar-refractivity contribution in [3.63, 3.8) is 0 Å². The Labute approximate surface area is 91.2 Å². The molecule has 2 unspecified atom stereocenters. The van der Waals surface area contributed by atoms with Crippen molar-refractivity contribution in [2.45, 2.75) is 18.9 Å². The molecule has 0 aromatic carbocycles. The second-order valence-corrected chi connectivity index (χ2v) is 4.33. The first-order valence-electron chi connectivity index (χ1n) is 5.55. The van der Waals surface area contributed by atoms with Gasteiger partial charge in [-0.2, -0.15) is 0 Å². The van der Waals surface area contributed by atoms with E-state index in [0.717, 1.165) is 19.6 Å². The van der Waals surface area contributed by atoms with E-state index in [9.17, 15) is 4.79 Å². The minimum atomic E-state index is -0.529. The van der Waals surface area contributed by atoms with E-state index in [-0.39, 0.29) is 0 Å². The second-order valence-electron chi connectivity index (χ2n) is 4.33. The van der Waals surface area contributed by atoms with Gasteiger partial charge < -0.3 is 21.7 Å². The summed E-state index contributed by atoms with van der Waals surface area (Å²) in [6.45, 7) is 3.67. The van der Waals surface area contributed by atoms with E-state index < -0.39 is 11.9 Å². The molecule has 5 N–H and O–H groups in total. The van der Waals surface area contributed by atoms with Gasteiger partial charge in [0, 0.05) is 13.1 Å². The van der Waals surface area contributed by atoms with E-state index >= 15 is 0 Å². The lowest BCUT2D eigenvalue weighted by Gasteiger charge is -2.33. The number of carbonyl (C=O) groups is 1. The molecule has 15 heavy (non-hydrogen) atoms. The van der Waals surface area contributed by atoms with Crippen molar-refractivity contribution in [1.82, 2.24) is 10.2 Å². The highest BCUT2D eigenvalue weighted by atomic mass is 16.1. The fraction of sp³-hybridized carbons (Fsp3) is 0.900. The number of primary amides is 1. The summed E-state index contributed by atoms with van der Waals surface area (Å²) in [5.74, 6) is 0.259. The monoisotopic (exact) mass is 214 g/mol. The van der Waals surface area contributed by atoms with E-state index in [1.54, 1.807) is 0 Å². The van der Waals surface area contributed by atoms with Gasteiger partial charge in [-0.1, -0.05) is 0 Å². The van der Waals surface area contributed by atoms with Gasteiger partial charge in [0.25, 0.3) is 0 Å². The van der Waals surface area contributed by atoms with Crippen molar-refractivity contribution < 1.29 is 4.79 Å². The lowest BCUT2D eigenvalue weighted by molar-refractivity contribution is -0.119. The van der Waals surface area contributed by atoms with Gasteiger partial charge in [-0.05, 0) is 38.9 Å². The molecule has 0 aliphatic carbocycles. The molecule has 1 rings (SSSR count). The number of likely N-dealkylation sites (tertiary alicyclic amines) is 1.